The van der Waals surface area contributed by atoms with Gasteiger partial charge in [0, 0.05) is 19.1 Å². The molecule has 0 radical (unpaired) electrons. The van der Waals surface area contributed by atoms with Crippen LogP contribution >= 0.6 is 0 Å². The third-order valence-electron chi connectivity index (χ3n) is 6.10. The van der Waals surface area contributed by atoms with Gasteiger partial charge in [0.2, 0.25) is 11.8 Å². The van der Waals surface area contributed by atoms with Crippen molar-refractivity contribution in [2.75, 3.05) is 13.1 Å². The Hall–Kier alpha value is -2.47. The summed E-state index contributed by atoms with van der Waals surface area (Å²) >= 11 is 0. The van der Waals surface area contributed by atoms with Crippen LogP contribution in [0.2, 0.25) is 0 Å². The maximum atomic E-state index is 13.5. The van der Waals surface area contributed by atoms with Crippen molar-refractivity contribution in [3.8, 4) is 0 Å². The summed E-state index contributed by atoms with van der Waals surface area (Å²) in [5.74, 6) is -1.11. The number of benzene rings is 1. The van der Waals surface area contributed by atoms with Crippen LogP contribution in [-0.2, 0) is 16.1 Å². The van der Waals surface area contributed by atoms with Crippen LogP contribution in [0.1, 0.15) is 52.5 Å². The van der Waals surface area contributed by atoms with Gasteiger partial charge in [-0.3, -0.25) is 19.4 Å². The number of nitrogens with zero attached hydrogens (tertiary/aromatic N) is 2. The summed E-state index contributed by atoms with van der Waals surface area (Å²) in [4.78, 5) is 42.7. The van der Waals surface area contributed by atoms with Crippen LogP contribution in [-0.4, -0.2) is 46.8 Å². The smallest absolute Gasteiger partial charge is 0.312 e. The summed E-state index contributed by atoms with van der Waals surface area (Å²) in [5, 5.41) is 3.40. The van der Waals surface area contributed by atoms with Gasteiger partial charge < -0.3 is 5.32 Å². The number of hydrogen-bond donors (Lipinski definition) is 1. The fourth-order valence-electron chi connectivity index (χ4n) is 4.08. The Balaban J connectivity index is 2.37. The van der Waals surface area contributed by atoms with E-state index in [4.69, 9.17) is 0 Å². The Bertz CT molecular complexity index is 758. The number of barbiturate groups is 1. The minimum absolute atomic E-state index is 0.147. The number of amides is 4. The zero-order valence-corrected chi connectivity index (χ0v) is 18.7. The Morgan fingerprint density at radius 1 is 1.03 bits per heavy atom. The van der Waals surface area contributed by atoms with Crippen molar-refractivity contribution < 1.29 is 14.4 Å². The van der Waals surface area contributed by atoms with Crippen molar-refractivity contribution in [3.05, 3.63) is 48.6 Å². The van der Waals surface area contributed by atoms with Gasteiger partial charge in [0.15, 0.2) is 0 Å². The Morgan fingerprint density at radius 3 is 2.17 bits per heavy atom. The quantitative estimate of drug-likeness (QED) is 0.440. The van der Waals surface area contributed by atoms with Gasteiger partial charge in [-0.2, -0.15) is 0 Å². The van der Waals surface area contributed by atoms with Crippen molar-refractivity contribution in [1.82, 2.24) is 15.1 Å². The molecule has 1 aromatic carbocycles. The molecule has 1 aliphatic rings. The third-order valence-corrected chi connectivity index (χ3v) is 6.10. The second kappa shape index (κ2) is 10.5. The van der Waals surface area contributed by atoms with E-state index in [0.29, 0.717) is 12.6 Å². The standard InChI is InChI=1S/C24H35N3O3/c1-6-14-24(18(4)5)21(28)26(16-15-25-20(7-2)8-3)23(30)27(22(24)29)17-19-12-10-9-11-13-19/h6,9-13,18,20,25H,1,7-8,14-17H2,2-5H3. The molecule has 1 atom stereocenters. The molecule has 4 amide bonds. The zero-order valence-electron chi connectivity index (χ0n) is 18.7. The van der Waals surface area contributed by atoms with Crippen LogP contribution < -0.4 is 5.32 Å². The highest BCUT2D eigenvalue weighted by Crippen LogP contribution is 2.40. The van der Waals surface area contributed by atoms with Crippen LogP contribution in [0.3, 0.4) is 0 Å². The molecular weight excluding hydrogens is 378 g/mol. The first-order valence-corrected chi connectivity index (χ1v) is 10.9. The maximum Gasteiger partial charge on any atom is 0.333 e. The maximum absolute atomic E-state index is 13.5. The number of urea groups is 1. The van der Waals surface area contributed by atoms with Crippen molar-refractivity contribution in [2.24, 2.45) is 11.3 Å². The molecule has 1 fully saturated rings. The molecule has 0 aliphatic carbocycles. The molecule has 1 aliphatic heterocycles. The molecule has 0 saturated carbocycles. The second-order valence-corrected chi connectivity index (χ2v) is 8.20. The Labute approximate surface area is 180 Å². The average Bonchev–Trinajstić information content (AvgIpc) is 2.74. The normalized spacial score (nSPS) is 19.9. The molecule has 1 heterocycles. The molecule has 2 rings (SSSR count). The highest BCUT2D eigenvalue weighted by atomic mass is 16.2. The fourth-order valence-corrected chi connectivity index (χ4v) is 4.08. The van der Waals surface area contributed by atoms with E-state index in [1.54, 1.807) is 6.08 Å². The summed E-state index contributed by atoms with van der Waals surface area (Å²) in [5.41, 5.74) is -0.459. The zero-order chi connectivity index (χ0) is 22.3. The Kier molecular flexibility index (Phi) is 8.35. The molecule has 1 N–H and O–H groups in total. The SMILES string of the molecule is C=CCC1(C(C)C)C(=O)N(CCNC(CC)CC)C(=O)N(Cc2ccccc2)C1=O. The summed E-state index contributed by atoms with van der Waals surface area (Å²) in [6.45, 7) is 12.6. The summed E-state index contributed by atoms with van der Waals surface area (Å²) in [6, 6.07) is 9.18. The van der Waals surface area contributed by atoms with Gasteiger partial charge in [-0.05, 0) is 30.7 Å². The highest BCUT2D eigenvalue weighted by Gasteiger charge is 2.58. The first kappa shape index (κ1) is 23.8. The lowest BCUT2D eigenvalue weighted by Gasteiger charge is -2.46. The lowest BCUT2D eigenvalue weighted by molar-refractivity contribution is -0.162. The molecule has 6 nitrogen and oxygen atoms in total. The largest absolute Gasteiger partial charge is 0.333 e. The van der Waals surface area contributed by atoms with Gasteiger partial charge in [-0.1, -0.05) is 64.1 Å². The number of imide groups is 2. The highest BCUT2D eigenvalue weighted by molar-refractivity contribution is 6.19. The van der Waals surface area contributed by atoms with Crippen molar-refractivity contribution >= 4 is 17.8 Å². The van der Waals surface area contributed by atoms with E-state index in [9.17, 15) is 14.4 Å². The van der Waals surface area contributed by atoms with E-state index in [1.165, 1.54) is 9.80 Å². The Morgan fingerprint density at radius 2 is 1.63 bits per heavy atom. The van der Waals surface area contributed by atoms with E-state index >= 15 is 0 Å². The fraction of sp³-hybridized carbons (Fsp3) is 0.542. The van der Waals surface area contributed by atoms with E-state index in [2.05, 4.69) is 25.7 Å². The molecule has 30 heavy (non-hydrogen) atoms. The van der Waals surface area contributed by atoms with E-state index in [1.807, 2.05) is 44.2 Å². The van der Waals surface area contributed by atoms with Crippen LogP contribution in [0, 0.1) is 11.3 Å². The number of nitrogens with one attached hydrogen (secondary N) is 1. The van der Waals surface area contributed by atoms with Crippen LogP contribution in [0.15, 0.2) is 43.0 Å². The molecule has 1 saturated heterocycles. The molecule has 164 valence electrons. The summed E-state index contributed by atoms with van der Waals surface area (Å²) < 4.78 is 0. The number of carbonyl (C=O) groups excluding carboxylic acids is 3. The monoisotopic (exact) mass is 413 g/mol. The minimum Gasteiger partial charge on any atom is -0.312 e. The second-order valence-electron chi connectivity index (χ2n) is 8.20. The van der Waals surface area contributed by atoms with Crippen molar-refractivity contribution in [2.45, 2.75) is 59.5 Å². The predicted molar refractivity (Wildman–Crippen MR) is 119 cm³/mol. The lowest BCUT2D eigenvalue weighted by atomic mass is 9.70. The van der Waals surface area contributed by atoms with Gasteiger partial charge >= 0.3 is 6.03 Å². The van der Waals surface area contributed by atoms with Crippen LogP contribution in [0.5, 0.6) is 0 Å². The molecule has 6 heteroatoms. The minimum atomic E-state index is -1.31. The van der Waals surface area contributed by atoms with Gasteiger partial charge in [-0.25, -0.2) is 4.79 Å². The number of allylic oxidation sites excluding steroid dienone is 1. The van der Waals surface area contributed by atoms with Crippen LogP contribution in [0.25, 0.3) is 0 Å². The molecular formula is C24H35N3O3. The van der Waals surface area contributed by atoms with E-state index in [0.717, 1.165) is 18.4 Å². The van der Waals surface area contributed by atoms with E-state index < -0.39 is 23.3 Å². The molecule has 0 aromatic heterocycles. The number of carbonyl (C=O) groups is 3. The van der Waals surface area contributed by atoms with Crippen molar-refractivity contribution in [3.63, 3.8) is 0 Å². The average molecular weight is 414 g/mol. The molecule has 0 spiro atoms. The third kappa shape index (κ3) is 4.64. The molecule has 1 unspecified atom stereocenters. The summed E-state index contributed by atoms with van der Waals surface area (Å²) in [7, 11) is 0. The van der Waals surface area contributed by atoms with Gasteiger partial charge in [0.1, 0.15) is 5.41 Å². The number of hydrogen-bond acceptors (Lipinski definition) is 4. The molecule has 1 aromatic rings. The molecule has 0 bridgehead atoms. The van der Waals surface area contributed by atoms with Gasteiger partial charge in [0.25, 0.3) is 0 Å². The first-order chi connectivity index (χ1) is 14.3. The van der Waals surface area contributed by atoms with Gasteiger partial charge in [-0.15, -0.1) is 6.58 Å². The summed E-state index contributed by atoms with van der Waals surface area (Å²) in [6.07, 6.45) is 3.76. The van der Waals surface area contributed by atoms with E-state index in [-0.39, 0.29) is 25.4 Å². The van der Waals surface area contributed by atoms with Gasteiger partial charge in [0.05, 0.1) is 6.54 Å². The number of rotatable bonds is 11. The van der Waals surface area contributed by atoms with Crippen molar-refractivity contribution in [1.29, 1.82) is 0 Å². The first-order valence-electron chi connectivity index (χ1n) is 10.9. The lowest BCUT2D eigenvalue weighted by Crippen LogP contribution is -2.67. The predicted octanol–water partition coefficient (Wildman–Crippen LogP) is 3.97. The topological polar surface area (TPSA) is 69.7 Å². The van der Waals surface area contributed by atoms with Crippen LogP contribution in [0.4, 0.5) is 4.79 Å².